The Morgan fingerprint density at radius 2 is 1.69 bits per heavy atom. The Hall–Kier alpha value is -1.84. The van der Waals surface area contributed by atoms with Crippen LogP contribution in [0.25, 0.3) is 0 Å². The van der Waals surface area contributed by atoms with Gasteiger partial charge in [0.2, 0.25) is 5.91 Å². The molecule has 0 aromatic heterocycles. The summed E-state index contributed by atoms with van der Waals surface area (Å²) in [5, 5.41) is 5.29. The third kappa shape index (κ3) is 3.08. The first-order valence-electron chi connectivity index (χ1n) is 5.17. The SMILES string of the molecule is CNC(=O)c1ccc(NC(=O)C(C)C)cc1. The first-order chi connectivity index (χ1) is 7.54. The number of rotatable bonds is 3. The average molecular weight is 220 g/mol. The summed E-state index contributed by atoms with van der Waals surface area (Å²) in [7, 11) is 1.58. The van der Waals surface area contributed by atoms with Gasteiger partial charge in [0.1, 0.15) is 0 Å². The highest BCUT2D eigenvalue weighted by atomic mass is 16.2. The second-order valence-corrected chi connectivity index (χ2v) is 3.80. The molecule has 1 aromatic rings. The van der Waals surface area contributed by atoms with Crippen molar-refractivity contribution in [3.8, 4) is 0 Å². The number of carbonyl (C=O) groups is 2. The van der Waals surface area contributed by atoms with E-state index in [1.165, 1.54) is 0 Å². The minimum absolute atomic E-state index is 0.0345. The van der Waals surface area contributed by atoms with Gasteiger partial charge in [0.25, 0.3) is 5.91 Å². The zero-order valence-corrected chi connectivity index (χ0v) is 9.70. The van der Waals surface area contributed by atoms with Gasteiger partial charge in [0, 0.05) is 24.2 Å². The molecule has 0 aliphatic carbocycles. The van der Waals surface area contributed by atoms with E-state index in [0.29, 0.717) is 11.3 Å². The van der Waals surface area contributed by atoms with Crippen LogP contribution >= 0.6 is 0 Å². The summed E-state index contributed by atoms with van der Waals surface area (Å²) in [4.78, 5) is 22.7. The van der Waals surface area contributed by atoms with Crippen LogP contribution in [0.5, 0.6) is 0 Å². The molecule has 0 fully saturated rings. The van der Waals surface area contributed by atoms with E-state index in [2.05, 4.69) is 10.6 Å². The van der Waals surface area contributed by atoms with Crippen molar-refractivity contribution in [2.75, 3.05) is 12.4 Å². The third-order valence-electron chi connectivity index (χ3n) is 2.17. The largest absolute Gasteiger partial charge is 0.355 e. The minimum atomic E-state index is -0.137. The van der Waals surface area contributed by atoms with Gasteiger partial charge in [-0.05, 0) is 24.3 Å². The molecule has 4 heteroatoms. The fourth-order valence-electron chi connectivity index (χ4n) is 1.14. The lowest BCUT2D eigenvalue weighted by molar-refractivity contribution is -0.118. The van der Waals surface area contributed by atoms with E-state index in [4.69, 9.17) is 0 Å². The van der Waals surface area contributed by atoms with Crippen LogP contribution in [-0.4, -0.2) is 18.9 Å². The molecule has 16 heavy (non-hydrogen) atoms. The second-order valence-electron chi connectivity index (χ2n) is 3.80. The molecule has 0 bridgehead atoms. The van der Waals surface area contributed by atoms with Gasteiger partial charge in [-0.25, -0.2) is 0 Å². The van der Waals surface area contributed by atoms with E-state index in [1.54, 1.807) is 31.3 Å². The standard InChI is InChI=1S/C12H16N2O2/c1-8(2)11(15)14-10-6-4-9(5-7-10)12(16)13-3/h4-8H,1-3H3,(H,13,16)(H,14,15). The lowest BCUT2D eigenvalue weighted by Crippen LogP contribution is -2.19. The lowest BCUT2D eigenvalue weighted by Gasteiger charge is -2.08. The average Bonchev–Trinajstić information content (AvgIpc) is 2.28. The molecule has 0 heterocycles. The maximum absolute atomic E-state index is 11.4. The highest BCUT2D eigenvalue weighted by Gasteiger charge is 2.07. The van der Waals surface area contributed by atoms with Gasteiger partial charge in [0.15, 0.2) is 0 Å². The maximum atomic E-state index is 11.4. The number of carbonyl (C=O) groups excluding carboxylic acids is 2. The van der Waals surface area contributed by atoms with Crippen LogP contribution in [-0.2, 0) is 4.79 Å². The molecule has 0 radical (unpaired) electrons. The predicted octanol–water partition coefficient (Wildman–Crippen LogP) is 1.64. The molecule has 86 valence electrons. The van der Waals surface area contributed by atoms with Crippen molar-refractivity contribution in [1.29, 1.82) is 0 Å². The highest BCUT2D eigenvalue weighted by molar-refractivity contribution is 5.95. The van der Waals surface area contributed by atoms with Crippen LogP contribution in [0.3, 0.4) is 0 Å². The van der Waals surface area contributed by atoms with Crippen molar-refractivity contribution in [1.82, 2.24) is 5.32 Å². The molecule has 0 unspecified atom stereocenters. The molecule has 0 aliphatic rings. The van der Waals surface area contributed by atoms with Gasteiger partial charge in [-0.3, -0.25) is 9.59 Å². The van der Waals surface area contributed by atoms with Crippen molar-refractivity contribution < 1.29 is 9.59 Å². The van der Waals surface area contributed by atoms with Crippen LogP contribution < -0.4 is 10.6 Å². The van der Waals surface area contributed by atoms with Gasteiger partial charge in [0.05, 0.1) is 0 Å². The molecular weight excluding hydrogens is 204 g/mol. The quantitative estimate of drug-likeness (QED) is 0.813. The van der Waals surface area contributed by atoms with E-state index in [-0.39, 0.29) is 17.7 Å². The first-order valence-corrected chi connectivity index (χ1v) is 5.17. The molecular formula is C12H16N2O2. The Labute approximate surface area is 95.0 Å². The lowest BCUT2D eigenvalue weighted by atomic mass is 10.1. The zero-order chi connectivity index (χ0) is 12.1. The van der Waals surface area contributed by atoms with Crippen LogP contribution in [0.1, 0.15) is 24.2 Å². The fraction of sp³-hybridized carbons (Fsp3) is 0.333. The Kier molecular flexibility index (Phi) is 4.05. The summed E-state index contributed by atoms with van der Waals surface area (Å²) in [5.74, 6) is -0.229. The Bertz CT molecular complexity index is 383. The number of hydrogen-bond donors (Lipinski definition) is 2. The van der Waals surface area contributed by atoms with Gasteiger partial charge in [-0.15, -0.1) is 0 Å². The molecule has 2 amide bonds. The van der Waals surface area contributed by atoms with E-state index < -0.39 is 0 Å². The van der Waals surface area contributed by atoms with Gasteiger partial charge >= 0.3 is 0 Å². The summed E-state index contributed by atoms with van der Waals surface area (Å²) in [5.41, 5.74) is 1.27. The zero-order valence-electron chi connectivity index (χ0n) is 9.70. The Morgan fingerprint density at radius 1 is 1.12 bits per heavy atom. The number of amides is 2. The molecule has 2 N–H and O–H groups in total. The first kappa shape index (κ1) is 12.2. The number of nitrogens with one attached hydrogen (secondary N) is 2. The van der Waals surface area contributed by atoms with Crippen molar-refractivity contribution in [2.45, 2.75) is 13.8 Å². The van der Waals surface area contributed by atoms with Crippen molar-refractivity contribution in [2.24, 2.45) is 5.92 Å². The predicted molar refractivity (Wildman–Crippen MR) is 63.3 cm³/mol. The van der Waals surface area contributed by atoms with Gasteiger partial charge in [-0.1, -0.05) is 13.8 Å². The Morgan fingerprint density at radius 3 is 2.12 bits per heavy atom. The van der Waals surface area contributed by atoms with Gasteiger partial charge < -0.3 is 10.6 Å². The van der Waals surface area contributed by atoms with Crippen LogP contribution in [0.2, 0.25) is 0 Å². The third-order valence-corrected chi connectivity index (χ3v) is 2.17. The number of hydrogen-bond acceptors (Lipinski definition) is 2. The maximum Gasteiger partial charge on any atom is 0.251 e. The topological polar surface area (TPSA) is 58.2 Å². The summed E-state index contributed by atoms with van der Waals surface area (Å²) in [6.45, 7) is 3.66. The second kappa shape index (κ2) is 5.30. The normalized spacial score (nSPS) is 10.0. The molecule has 0 aliphatic heterocycles. The number of anilines is 1. The molecule has 0 saturated carbocycles. The number of benzene rings is 1. The molecule has 1 aromatic carbocycles. The Balaban J connectivity index is 2.72. The summed E-state index contributed by atoms with van der Waals surface area (Å²) in [6, 6.07) is 6.78. The molecule has 0 atom stereocenters. The smallest absolute Gasteiger partial charge is 0.251 e. The van der Waals surface area contributed by atoms with Crippen LogP contribution in [0.4, 0.5) is 5.69 Å². The van der Waals surface area contributed by atoms with Crippen LogP contribution in [0.15, 0.2) is 24.3 Å². The van der Waals surface area contributed by atoms with Crippen molar-refractivity contribution >= 4 is 17.5 Å². The monoisotopic (exact) mass is 220 g/mol. The summed E-state index contributed by atoms with van der Waals surface area (Å²) < 4.78 is 0. The van der Waals surface area contributed by atoms with Crippen molar-refractivity contribution in [3.63, 3.8) is 0 Å². The summed E-state index contributed by atoms with van der Waals surface area (Å²) >= 11 is 0. The molecule has 0 spiro atoms. The molecule has 1 rings (SSSR count). The van der Waals surface area contributed by atoms with Gasteiger partial charge in [-0.2, -0.15) is 0 Å². The molecule has 4 nitrogen and oxygen atoms in total. The van der Waals surface area contributed by atoms with E-state index in [0.717, 1.165) is 0 Å². The van der Waals surface area contributed by atoms with E-state index >= 15 is 0 Å². The van der Waals surface area contributed by atoms with E-state index in [1.807, 2.05) is 13.8 Å². The molecule has 0 saturated heterocycles. The fourth-order valence-corrected chi connectivity index (χ4v) is 1.14. The summed E-state index contributed by atoms with van der Waals surface area (Å²) in [6.07, 6.45) is 0. The minimum Gasteiger partial charge on any atom is -0.355 e. The van der Waals surface area contributed by atoms with Crippen molar-refractivity contribution in [3.05, 3.63) is 29.8 Å². The van der Waals surface area contributed by atoms with E-state index in [9.17, 15) is 9.59 Å². The highest BCUT2D eigenvalue weighted by Crippen LogP contribution is 2.10. The van der Waals surface area contributed by atoms with Crippen LogP contribution in [0, 0.1) is 5.92 Å².